The zero-order chi connectivity index (χ0) is 9.14. The number of hydrogen-bond donors (Lipinski definition) is 2. The van der Waals surface area contributed by atoms with Gasteiger partial charge < -0.3 is 10.2 Å². The van der Waals surface area contributed by atoms with Crippen LogP contribution >= 0.6 is 0 Å². The van der Waals surface area contributed by atoms with Gasteiger partial charge in [-0.3, -0.25) is 9.59 Å². The Bertz CT molecular complexity index is 236. The van der Waals surface area contributed by atoms with Crippen LogP contribution < -0.4 is 0 Å². The molecule has 4 nitrogen and oxygen atoms in total. The Balaban J connectivity index is 0.00000144. The van der Waals surface area contributed by atoms with Crippen LogP contribution in [-0.4, -0.2) is 71.0 Å². The van der Waals surface area contributed by atoms with Crippen molar-refractivity contribution in [1.29, 1.82) is 0 Å². The summed E-state index contributed by atoms with van der Waals surface area (Å²) in [7, 11) is 0. The molecule has 13 heavy (non-hydrogen) atoms. The molecule has 0 aliphatic heterocycles. The number of carboxylic acid groups (broad SMARTS) is 2. The third kappa shape index (κ3) is 3.47. The van der Waals surface area contributed by atoms with E-state index in [0.29, 0.717) is 12.8 Å². The molecular formula is C8H12BaO4. The molecule has 0 bridgehead atoms. The van der Waals surface area contributed by atoms with E-state index in [-0.39, 0.29) is 48.9 Å². The van der Waals surface area contributed by atoms with Gasteiger partial charge in [0.15, 0.2) is 0 Å². The number of carbonyl (C=O) groups is 2. The Hall–Kier alpha value is 0.251. The molecule has 0 aromatic rings. The van der Waals surface area contributed by atoms with E-state index < -0.39 is 23.8 Å². The number of carboxylic acids is 2. The normalized spacial score (nSPS) is 26.2. The molecule has 5 heteroatoms. The summed E-state index contributed by atoms with van der Waals surface area (Å²) in [4.78, 5) is 21.1. The number of rotatable bonds is 2. The number of hydrogen-bond acceptors (Lipinski definition) is 2. The summed E-state index contributed by atoms with van der Waals surface area (Å²) < 4.78 is 0. The van der Waals surface area contributed by atoms with E-state index in [9.17, 15) is 9.59 Å². The minimum atomic E-state index is -1.06. The average Bonchev–Trinajstić information content (AvgIpc) is 2.04. The van der Waals surface area contributed by atoms with Crippen molar-refractivity contribution in [2.24, 2.45) is 11.8 Å². The van der Waals surface area contributed by atoms with Gasteiger partial charge in [0, 0.05) is 0 Å². The van der Waals surface area contributed by atoms with Crippen molar-refractivity contribution in [1.82, 2.24) is 0 Å². The summed E-state index contributed by atoms with van der Waals surface area (Å²) in [5.74, 6) is -3.69. The third-order valence-electron chi connectivity index (χ3n) is 2.02. The third-order valence-corrected chi connectivity index (χ3v) is 2.02. The van der Waals surface area contributed by atoms with Crippen molar-refractivity contribution in [2.45, 2.75) is 12.8 Å². The van der Waals surface area contributed by atoms with E-state index in [1.165, 1.54) is 6.08 Å². The van der Waals surface area contributed by atoms with Crippen LogP contribution in [0.4, 0.5) is 0 Å². The Labute approximate surface area is 116 Å². The first-order valence-corrected chi connectivity index (χ1v) is 3.75. The van der Waals surface area contributed by atoms with E-state index in [1.54, 1.807) is 6.08 Å². The minimum absolute atomic E-state index is 0. The molecule has 0 spiro atoms. The predicted molar refractivity (Wildman–Crippen MR) is 49.2 cm³/mol. The molecule has 0 amide bonds. The first-order valence-electron chi connectivity index (χ1n) is 3.75. The van der Waals surface area contributed by atoms with E-state index in [1.807, 2.05) is 0 Å². The molecule has 0 saturated carbocycles. The predicted octanol–water partition coefficient (Wildman–Crippen LogP) is -0.178. The average molecular weight is 310 g/mol. The Kier molecular flexibility index (Phi) is 5.99. The fourth-order valence-corrected chi connectivity index (χ4v) is 1.36. The van der Waals surface area contributed by atoms with Crippen molar-refractivity contribution >= 4 is 60.8 Å². The summed E-state index contributed by atoms with van der Waals surface area (Å²) in [5.41, 5.74) is 0. The Morgan fingerprint density at radius 2 is 1.85 bits per heavy atom. The van der Waals surface area contributed by atoms with Crippen LogP contribution in [0.3, 0.4) is 0 Å². The Morgan fingerprint density at radius 3 is 2.23 bits per heavy atom. The molecule has 1 rings (SSSR count). The zero-order valence-electron chi connectivity index (χ0n) is 6.43. The standard InChI is InChI=1S/C8H10O4.Ba.2H/c9-7(10)5-3-1-2-4-6(5)8(11)12;;;/h1,3,5-6H,2,4H2,(H,9,10)(H,11,12);;;. The fourth-order valence-electron chi connectivity index (χ4n) is 1.36. The topological polar surface area (TPSA) is 74.6 Å². The van der Waals surface area contributed by atoms with E-state index in [0.717, 1.165) is 0 Å². The molecule has 0 saturated heterocycles. The molecule has 2 N–H and O–H groups in total. The summed E-state index contributed by atoms with van der Waals surface area (Å²) in [6.45, 7) is 0. The van der Waals surface area contributed by atoms with Gasteiger partial charge in [-0.15, -0.1) is 0 Å². The first-order chi connectivity index (χ1) is 5.63. The van der Waals surface area contributed by atoms with Gasteiger partial charge in [-0.25, -0.2) is 0 Å². The molecule has 2 unspecified atom stereocenters. The molecule has 0 fully saturated rings. The molecule has 2 atom stereocenters. The van der Waals surface area contributed by atoms with Crippen molar-refractivity contribution in [3.63, 3.8) is 0 Å². The van der Waals surface area contributed by atoms with Gasteiger partial charge in [0.1, 0.15) is 0 Å². The summed E-state index contributed by atoms with van der Waals surface area (Å²) in [5, 5.41) is 17.3. The number of aliphatic carboxylic acids is 2. The van der Waals surface area contributed by atoms with Gasteiger partial charge in [0.25, 0.3) is 0 Å². The first kappa shape index (κ1) is 13.3. The molecular weight excluding hydrogens is 297 g/mol. The van der Waals surface area contributed by atoms with Crippen molar-refractivity contribution in [2.75, 3.05) is 0 Å². The molecule has 70 valence electrons. The maximum atomic E-state index is 10.6. The van der Waals surface area contributed by atoms with Crippen molar-refractivity contribution in [3.8, 4) is 0 Å². The molecule has 0 aromatic carbocycles. The summed E-state index contributed by atoms with van der Waals surface area (Å²) >= 11 is 0. The number of allylic oxidation sites excluding steroid dienone is 1. The van der Waals surface area contributed by atoms with Gasteiger partial charge >= 0.3 is 60.8 Å². The fraction of sp³-hybridized carbons (Fsp3) is 0.500. The van der Waals surface area contributed by atoms with Crippen LogP contribution in [0.25, 0.3) is 0 Å². The molecule has 0 heterocycles. The van der Waals surface area contributed by atoms with Gasteiger partial charge in [-0.05, 0) is 12.8 Å². The second kappa shape index (κ2) is 5.87. The van der Waals surface area contributed by atoms with Crippen LogP contribution in [0.15, 0.2) is 12.2 Å². The van der Waals surface area contributed by atoms with E-state index >= 15 is 0 Å². The zero-order valence-corrected chi connectivity index (χ0v) is 6.43. The van der Waals surface area contributed by atoms with Gasteiger partial charge in [0.2, 0.25) is 0 Å². The van der Waals surface area contributed by atoms with Crippen LogP contribution in [0.1, 0.15) is 12.8 Å². The van der Waals surface area contributed by atoms with Crippen LogP contribution in [-0.2, 0) is 9.59 Å². The van der Waals surface area contributed by atoms with E-state index in [4.69, 9.17) is 10.2 Å². The summed E-state index contributed by atoms with van der Waals surface area (Å²) in [6.07, 6.45) is 4.26. The Morgan fingerprint density at radius 1 is 1.23 bits per heavy atom. The molecule has 1 aliphatic carbocycles. The van der Waals surface area contributed by atoms with Crippen LogP contribution in [0, 0.1) is 11.8 Å². The quantitative estimate of drug-likeness (QED) is 0.548. The van der Waals surface area contributed by atoms with Crippen LogP contribution in [0.5, 0.6) is 0 Å². The van der Waals surface area contributed by atoms with Crippen molar-refractivity contribution in [3.05, 3.63) is 12.2 Å². The summed E-state index contributed by atoms with van der Waals surface area (Å²) in [6, 6.07) is 0. The van der Waals surface area contributed by atoms with Gasteiger partial charge in [-0.2, -0.15) is 0 Å². The van der Waals surface area contributed by atoms with Crippen molar-refractivity contribution < 1.29 is 19.8 Å². The molecule has 0 radical (unpaired) electrons. The molecule has 0 aromatic heterocycles. The van der Waals surface area contributed by atoms with Gasteiger partial charge in [0.05, 0.1) is 11.8 Å². The second-order valence-corrected chi connectivity index (χ2v) is 2.81. The maximum absolute atomic E-state index is 10.6. The SMILES string of the molecule is O=C(O)C1C=CCCC1C(=O)O.[BaH2]. The van der Waals surface area contributed by atoms with Crippen LogP contribution in [0.2, 0.25) is 0 Å². The van der Waals surface area contributed by atoms with E-state index in [2.05, 4.69) is 0 Å². The second-order valence-electron chi connectivity index (χ2n) is 2.81. The molecule has 1 aliphatic rings. The monoisotopic (exact) mass is 310 g/mol. The van der Waals surface area contributed by atoms with Gasteiger partial charge in [-0.1, -0.05) is 12.2 Å².